The van der Waals surface area contributed by atoms with Crippen LogP contribution >= 0.6 is 58.2 Å². The highest BCUT2D eigenvalue weighted by Gasteiger charge is 2.34. The number of carbonyl (C=O) groups excluding carboxylic acids is 2. The Hall–Kier alpha value is -1.63. The summed E-state index contributed by atoms with van der Waals surface area (Å²) >= 11 is 25.4. The number of rotatable bonds is 6. The van der Waals surface area contributed by atoms with Crippen molar-refractivity contribution >= 4 is 75.4 Å². The molecule has 3 rings (SSSR count). The van der Waals surface area contributed by atoms with Crippen molar-refractivity contribution in [3.8, 4) is 5.75 Å². The molecule has 0 aliphatic carbocycles. The Morgan fingerprint density at radius 2 is 1.69 bits per heavy atom. The molecule has 1 fully saturated rings. The molecule has 0 spiro atoms. The first kappa shape index (κ1) is 22.1. The fourth-order valence-electron chi connectivity index (χ4n) is 2.52. The molecule has 1 aliphatic heterocycles. The number of thioether (sulfide) groups is 1. The zero-order valence-electron chi connectivity index (χ0n) is 14.8. The molecule has 0 bridgehead atoms. The van der Waals surface area contributed by atoms with Gasteiger partial charge in [0.25, 0.3) is 11.1 Å². The topological polar surface area (TPSA) is 46.6 Å². The van der Waals surface area contributed by atoms with Gasteiger partial charge in [-0.1, -0.05) is 58.5 Å². The van der Waals surface area contributed by atoms with E-state index in [0.29, 0.717) is 21.4 Å². The second kappa shape index (κ2) is 9.45. The van der Waals surface area contributed by atoms with Crippen LogP contribution in [0.3, 0.4) is 0 Å². The van der Waals surface area contributed by atoms with Gasteiger partial charge in [-0.3, -0.25) is 14.5 Å². The number of ether oxygens (including phenoxy) is 1. The van der Waals surface area contributed by atoms with Crippen molar-refractivity contribution in [1.82, 2.24) is 4.90 Å². The van der Waals surface area contributed by atoms with Crippen LogP contribution in [0.4, 0.5) is 4.79 Å². The average Bonchev–Trinajstić information content (AvgIpc) is 2.91. The van der Waals surface area contributed by atoms with Crippen molar-refractivity contribution in [2.45, 2.75) is 6.61 Å². The van der Waals surface area contributed by atoms with Gasteiger partial charge in [0.15, 0.2) is 5.75 Å². The van der Waals surface area contributed by atoms with Crippen molar-refractivity contribution < 1.29 is 14.3 Å². The molecule has 2 aromatic rings. The lowest BCUT2D eigenvalue weighted by atomic mass is 10.2. The quantitative estimate of drug-likeness (QED) is 0.321. The molecule has 0 radical (unpaired) electrons. The Morgan fingerprint density at radius 3 is 2.31 bits per heavy atom. The summed E-state index contributed by atoms with van der Waals surface area (Å²) in [5.41, 5.74) is 1.37. The van der Waals surface area contributed by atoms with Crippen molar-refractivity contribution in [3.05, 3.63) is 79.1 Å². The lowest BCUT2D eigenvalue weighted by Crippen LogP contribution is -2.27. The largest absolute Gasteiger partial charge is 0.486 e. The number of hydrogen-bond acceptors (Lipinski definition) is 4. The third kappa shape index (κ3) is 5.11. The van der Waals surface area contributed by atoms with Gasteiger partial charge in [0.2, 0.25) is 0 Å². The van der Waals surface area contributed by atoms with Gasteiger partial charge >= 0.3 is 0 Å². The van der Waals surface area contributed by atoms with Gasteiger partial charge in [0.05, 0.1) is 25.0 Å². The molecule has 1 heterocycles. The van der Waals surface area contributed by atoms with E-state index in [4.69, 9.17) is 51.1 Å². The molecule has 1 aliphatic rings. The van der Waals surface area contributed by atoms with Crippen LogP contribution in [0, 0.1) is 0 Å². The molecule has 4 nitrogen and oxygen atoms in total. The molecule has 2 amide bonds. The summed E-state index contributed by atoms with van der Waals surface area (Å²) < 4.78 is 5.73. The lowest BCUT2D eigenvalue weighted by molar-refractivity contribution is -0.122. The second-order valence-corrected chi connectivity index (χ2v) is 8.55. The maximum absolute atomic E-state index is 12.3. The second-order valence-electron chi connectivity index (χ2n) is 5.93. The molecule has 29 heavy (non-hydrogen) atoms. The molecular formula is C20H13Cl4NO3S. The van der Waals surface area contributed by atoms with Crippen molar-refractivity contribution in [3.63, 3.8) is 0 Å². The zero-order valence-corrected chi connectivity index (χ0v) is 18.6. The van der Waals surface area contributed by atoms with Gasteiger partial charge in [-0.05, 0) is 53.2 Å². The van der Waals surface area contributed by atoms with Crippen molar-refractivity contribution in [2.75, 3.05) is 6.54 Å². The van der Waals surface area contributed by atoms with Gasteiger partial charge in [-0.2, -0.15) is 0 Å². The molecule has 0 aromatic heterocycles. The summed E-state index contributed by atoms with van der Waals surface area (Å²) in [6.45, 7) is 3.89. The molecule has 0 N–H and O–H groups in total. The number of halogens is 4. The molecule has 0 atom stereocenters. The molecule has 0 saturated carbocycles. The fraction of sp³-hybridized carbons (Fsp3) is 0.100. The summed E-state index contributed by atoms with van der Waals surface area (Å²) in [5.74, 6) is -0.0802. The van der Waals surface area contributed by atoms with Gasteiger partial charge in [0, 0.05) is 6.54 Å². The highest BCUT2D eigenvalue weighted by molar-refractivity contribution is 8.18. The van der Waals surface area contributed by atoms with E-state index in [1.54, 1.807) is 36.4 Å². The third-order valence-corrected chi connectivity index (χ3v) is 6.08. The minimum atomic E-state index is -0.382. The highest BCUT2D eigenvalue weighted by atomic mass is 35.5. The van der Waals surface area contributed by atoms with Crippen LogP contribution in [0.1, 0.15) is 11.1 Å². The van der Waals surface area contributed by atoms with Gasteiger partial charge in [-0.15, -0.1) is 6.58 Å². The molecule has 1 saturated heterocycles. The minimum Gasteiger partial charge on any atom is -0.486 e. The zero-order chi connectivity index (χ0) is 21.1. The van der Waals surface area contributed by atoms with E-state index < -0.39 is 0 Å². The van der Waals surface area contributed by atoms with Crippen LogP contribution in [0.25, 0.3) is 6.08 Å². The number of amides is 2. The molecule has 2 aromatic carbocycles. The standard InChI is InChI=1S/C20H13Cl4NO3S/c1-2-5-25-19(26)17(29-20(25)27)9-12-7-15(23)18(16(24)8-12)28-10-11-3-4-13(21)14(22)6-11/h2-4,6-9H,1,5,10H2/b17-9+. The maximum atomic E-state index is 12.3. The van der Waals surface area contributed by atoms with Gasteiger partial charge < -0.3 is 4.74 Å². The predicted molar refractivity (Wildman–Crippen MR) is 120 cm³/mol. The van der Waals surface area contributed by atoms with E-state index in [2.05, 4.69) is 6.58 Å². The minimum absolute atomic E-state index is 0.158. The van der Waals surface area contributed by atoms with Gasteiger partial charge in [0.1, 0.15) is 6.61 Å². The van der Waals surface area contributed by atoms with Gasteiger partial charge in [-0.25, -0.2) is 0 Å². The summed E-state index contributed by atoms with van der Waals surface area (Å²) in [4.78, 5) is 25.6. The highest BCUT2D eigenvalue weighted by Crippen LogP contribution is 2.38. The first-order valence-corrected chi connectivity index (χ1v) is 10.5. The first-order chi connectivity index (χ1) is 13.8. The van der Waals surface area contributed by atoms with E-state index in [-0.39, 0.29) is 39.2 Å². The summed E-state index contributed by atoms with van der Waals surface area (Å²) in [6, 6.07) is 8.37. The number of imide groups is 1. The summed E-state index contributed by atoms with van der Waals surface area (Å²) in [7, 11) is 0. The smallest absolute Gasteiger partial charge is 0.293 e. The van der Waals surface area contributed by atoms with Crippen LogP contribution in [0.5, 0.6) is 5.75 Å². The number of nitrogens with zero attached hydrogens (tertiary/aromatic N) is 1. The Labute approximate surface area is 192 Å². The number of hydrogen-bond donors (Lipinski definition) is 0. The van der Waals surface area contributed by atoms with Crippen molar-refractivity contribution in [2.24, 2.45) is 0 Å². The van der Waals surface area contributed by atoms with E-state index >= 15 is 0 Å². The molecule has 150 valence electrons. The lowest BCUT2D eigenvalue weighted by Gasteiger charge is -2.12. The number of carbonyl (C=O) groups is 2. The normalized spacial score (nSPS) is 15.3. The van der Waals surface area contributed by atoms with Crippen LogP contribution in [0.15, 0.2) is 47.9 Å². The Bertz CT molecular complexity index is 1020. The van der Waals surface area contributed by atoms with Crippen LogP contribution in [-0.2, 0) is 11.4 Å². The van der Waals surface area contributed by atoms with Crippen LogP contribution in [-0.4, -0.2) is 22.6 Å². The molecular weight excluding hydrogens is 476 g/mol. The third-order valence-electron chi connectivity index (χ3n) is 3.87. The Kier molecular flexibility index (Phi) is 7.19. The van der Waals surface area contributed by atoms with Crippen LogP contribution in [0.2, 0.25) is 20.1 Å². The number of benzene rings is 2. The van der Waals surface area contributed by atoms with E-state index in [9.17, 15) is 9.59 Å². The summed E-state index contributed by atoms with van der Waals surface area (Å²) in [5, 5.41) is 1.07. The monoisotopic (exact) mass is 487 g/mol. The van der Waals surface area contributed by atoms with Crippen molar-refractivity contribution in [1.29, 1.82) is 0 Å². The van der Waals surface area contributed by atoms with E-state index in [1.807, 2.05) is 0 Å². The van der Waals surface area contributed by atoms with Crippen LogP contribution < -0.4 is 4.74 Å². The van der Waals surface area contributed by atoms with E-state index in [1.165, 1.54) is 6.08 Å². The van der Waals surface area contributed by atoms with E-state index in [0.717, 1.165) is 22.2 Å². The fourth-order valence-corrected chi connectivity index (χ4v) is 4.31. The SMILES string of the molecule is C=CCN1C(=O)S/C(=C/c2cc(Cl)c(OCc3ccc(Cl)c(Cl)c3)c(Cl)c2)C1=O. The summed E-state index contributed by atoms with van der Waals surface area (Å²) in [6.07, 6.45) is 3.06. The predicted octanol–water partition coefficient (Wildman–Crippen LogP) is 7.10. The first-order valence-electron chi connectivity index (χ1n) is 8.22. The Balaban J connectivity index is 1.79. The average molecular weight is 489 g/mol. The Morgan fingerprint density at radius 1 is 1.00 bits per heavy atom. The molecule has 9 heteroatoms. The maximum Gasteiger partial charge on any atom is 0.293 e. The molecule has 0 unspecified atom stereocenters.